The summed E-state index contributed by atoms with van der Waals surface area (Å²) in [5.41, 5.74) is 3.70. The fourth-order valence-electron chi connectivity index (χ4n) is 4.99. The van der Waals surface area contributed by atoms with Crippen molar-refractivity contribution in [3.63, 3.8) is 0 Å². The van der Waals surface area contributed by atoms with Crippen molar-refractivity contribution in [3.05, 3.63) is 63.8 Å². The Labute approximate surface area is 209 Å². The van der Waals surface area contributed by atoms with Gasteiger partial charge in [-0.25, -0.2) is 4.39 Å². The zero-order valence-corrected chi connectivity index (χ0v) is 21.5. The molecule has 0 spiro atoms. The lowest BCUT2D eigenvalue weighted by Crippen LogP contribution is -2.48. The van der Waals surface area contributed by atoms with E-state index < -0.39 is 29.4 Å². The second-order valence-electron chi connectivity index (χ2n) is 9.78. The van der Waals surface area contributed by atoms with E-state index in [9.17, 15) is 14.4 Å². The van der Waals surface area contributed by atoms with Gasteiger partial charge in [-0.2, -0.15) is 0 Å². The molecule has 6 nitrogen and oxygen atoms in total. The highest BCUT2D eigenvalue weighted by atomic mass is 32.2. The molecule has 0 aliphatic carbocycles. The van der Waals surface area contributed by atoms with Crippen molar-refractivity contribution in [2.24, 2.45) is 0 Å². The molecule has 2 aromatic carbocycles. The standard InChI is InChI=1S/C27H30FN3O3S/c1-6-31-22-13-21(28)18(11-20(22)17(3)14-27(31,4)5)12-23-25(33)30(26(34)35-23)15-24(32)29-19-9-7-16(2)8-10-19/h7-13,17H,6,14-15H2,1-5H3,(H,29,32)/b23-12+. The van der Waals surface area contributed by atoms with E-state index in [0.29, 0.717) is 5.69 Å². The Morgan fingerprint density at radius 3 is 2.57 bits per heavy atom. The highest BCUT2D eigenvalue weighted by molar-refractivity contribution is 8.18. The first-order chi connectivity index (χ1) is 16.5. The smallest absolute Gasteiger partial charge is 0.294 e. The molecule has 1 saturated heterocycles. The van der Waals surface area contributed by atoms with Crippen molar-refractivity contribution >= 4 is 46.3 Å². The third-order valence-electron chi connectivity index (χ3n) is 6.62. The summed E-state index contributed by atoms with van der Waals surface area (Å²) in [6.07, 6.45) is 2.34. The second kappa shape index (κ2) is 9.49. The molecular weight excluding hydrogens is 465 g/mol. The molecule has 2 aromatic rings. The molecule has 3 amide bonds. The summed E-state index contributed by atoms with van der Waals surface area (Å²) in [5.74, 6) is -1.30. The molecule has 2 aliphatic rings. The molecule has 1 N–H and O–H groups in total. The Bertz CT molecular complexity index is 1220. The van der Waals surface area contributed by atoms with Gasteiger partial charge in [0.25, 0.3) is 11.1 Å². The van der Waals surface area contributed by atoms with E-state index >= 15 is 4.39 Å². The first kappa shape index (κ1) is 25.0. The Morgan fingerprint density at radius 1 is 1.23 bits per heavy atom. The van der Waals surface area contributed by atoms with E-state index in [1.807, 2.05) is 19.1 Å². The van der Waals surface area contributed by atoms with Crippen LogP contribution >= 0.6 is 11.8 Å². The maximum atomic E-state index is 15.2. The average molecular weight is 496 g/mol. The van der Waals surface area contributed by atoms with Gasteiger partial charge in [-0.1, -0.05) is 24.6 Å². The molecular formula is C27H30FN3O3S. The van der Waals surface area contributed by atoms with Crippen LogP contribution in [0.5, 0.6) is 0 Å². The number of halogens is 1. The first-order valence-corrected chi connectivity index (χ1v) is 12.5. The van der Waals surface area contributed by atoms with Crippen molar-refractivity contribution in [2.45, 2.75) is 52.5 Å². The number of carbonyl (C=O) groups excluding carboxylic acids is 3. The molecule has 1 unspecified atom stereocenters. The number of amides is 3. The van der Waals surface area contributed by atoms with Gasteiger partial charge in [0, 0.05) is 29.0 Å². The summed E-state index contributed by atoms with van der Waals surface area (Å²) in [4.78, 5) is 41.0. The molecule has 0 radical (unpaired) electrons. The highest BCUT2D eigenvalue weighted by Crippen LogP contribution is 2.44. The van der Waals surface area contributed by atoms with E-state index in [1.54, 1.807) is 18.2 Å². The van der Waals surface area contributed by atoms with Crippen LogP contribution in [-0.4, -0.2) is 40.6 Å². The van der Waals surface area contributed by atoms with E-state index in [4.69, 9.17) is 0 Å². The van der Waals surface area contributed by atoms with E-state index in [0.717, 1.165) is 46.4 Å². The fraction of sp³-hybridized carbons (Fsp3) is 0.370. The number of hydrogen-bond acceptors (Lipinski definition) is 5. The van der Waals surface area contributed by atoms with Crippen molar-refractivity contribution in [3.8, 4) is 0 Å². The number of nitrogens with zero attached hydrogens (tertiary/aromatic N) is 2. The molecule has 8 heteroatoms. The number of hydrogen-bond donors (Lipinski definition) is 1. The van der Waals surface area contributed by atoms with Crippen LogP contribution in [0.2, 0.25) is 0 Å². The van der Waals surface area contributed by atoms with Crippen LogP contribution in [0, 0.1) is 12.7 Å². The fourth-order valence-corrected chi connectivity index (χ4v) is 5.82. The van der Waals surface area contributed by atoms with Gasteiger partial charge in [0.2, 0.25) is 5.91 Å². The third kappa shape index (κ3) is 4.98. The van der Waals surface area contributed by atoms with Gasteiger partial charge in [0.1, 0.15) is 12.4 Å². The van der Waals surface area contributed by atoms with Crippen molar-refractivity contribution < 1.29 is 18.8 Å². The molecule has 2 aliphatic heterocycles. The predicted octanol–water partition coefficient (Wildman–Crippen LogP) is 5.92. The van der Waals surface area contributed by atoms with E-state index in [2.05, 4.69) is 37.9 Å². The summed E-state index contributed by atoms with van der Waals surface area (Å²) in [6, 6.07) is 10.5. The summed E-state index contributed by atoms with van der Waals surface area (Å²) in [5, 5.41) is 2.14. The maximum Gasteiger partial charge on any atom is 0.294 e. The average Bonchev–Trinajstić information content (AvgIpc) is 3.03. The molecule has 184 valence electrons. The second-order valence-corrected chi connectivity index (χ2v) is 10.8. The Kier molecular flexibility index (Phi) is 6.77. The van der Waals surface area contributed by atoms with Crippen LogP contribution in [-0.2, 0) is 9.59 Å². The number of fused-ring (bicyclic) bond motifs is 1. The van der Waals surface area contributed by atoms with E-state index in [1.165, 1.54) is 12.1 Å². The lowest BCUT2D eigenvalue weighted by molar-refractivity contribution is -0.127. The number of rotatable bonds is 5. The van der Waals surface area contributed by atoms with Gasteiger partial charge >= 0.3 is 0 Å². The molecule has 1 atom stereocenters. The van der Waals surface area contributed by atoms with E-state index in [-0.39, 0.29) is 21.9 Å². The quantitative estimate of drug-likeness (QED) is 0.522. The summed E-state index contributed by atoms with van der Waals surface area (Å²) in [6.45, 7) is 10.8. The lowest BCUT2D eigenvalue weighted by atomic mass is 9.79. The van der Waals surface area contributed by atoms with Gasteiger partial charge in [0.15, 0.2) is 0 Å². The molecule has 2 heterocycles. The summed E-state index contributed by atoms with van der Waals surface area (Å²) in [7, 11) is 0. The number of nitrogens with one attached hydrogen (secondary N) is 1. The molecule has 0 bridgehead atoms. The van der Waals surface area contributed by atoms with Gasteiger partial charge in [-0.15, -0.1) is 0 Å². The van der Waals surface area contributed by atoms with Crippen LogP contribution in [0.1, 0.15) is 56.7 Å². The van der Waals surface area contributed by atoms with Gasteiger partial charge in [-0.05, 0) is 87.7 Å². The molecule has 35 heavy (non-hydrogen) atoms. The Hall–Kier alpha value is -3.13. The maximum absolute atomic E-state index is 15.2. The largest absolute Gasteiger partial charge is 0.366 e. The monoisotopic (exact) mass is 495 g/mol. The number of carbonyl (C=O) groups is 3. The normalized spacial score (nSPS) is 20.4. The Morgan fingerprint density at radius 2 is 1.91 bits per heavy atom. The van der Waals surface area contributed by atoms with Crippen LogP contribution in [0.15, 0.2) is 41.3 Å². The summed E-state index contributed by atoms with van der Waals surface area (Å²) < 4.78 is 15.2. The highest BCUT2D eigenvalue weighted by Gasteiger charge is 2.38. The number of thioether (sulfide) groups is 1. The number of benzene rings is 2. The number of anilines is 2. The summed E-state index contributed by atoms with van der Waals surface area (Å²) >= 11 is 0.720. The van der Waals surface area contributed by atoms with Gasteiger partial charge in [-0.3, -0.25) is 19.3 Å². The molecule has 4 rings (SSSR count). The lowest BCUT2D eigenvalue weighted by Gasteiger charge is -2.47. The van der Waals surface area contributed by atoms with Crippen molar-refractivity contribution in [1.29, 1.82) is 0 Å². The number of imide groups is 1. The minimum Gasteiger partial charge on any atom is -0.366 e. The third-order valence-corrected chi connectivity index (χ3v) is 7.52. The van der Waals surface area contributed by atoms with Gasteiger partial charge in [0.05, 0.1) is 4.91 Å². The molecule has 1 fully saturated rings. The van der Waals surface area contributed by atoms with Crippen LogP contribution < -0.4 is 10.2 Å². The van der Waals surface area contributed by atoms with Crippen LogP contribution in [0.4, 0.5) is 20.6 Å². The molecule has 0 saturated carbocycles. The SMILES string of the molecule is CCN1c2cc(F)c(/C=C3/SC(=O)N(CC(=O)Nc4ccc(C)cc4)C3=O)cc2C(C)CC1(C)C. The topological polar surface area (TPSA) is 69.7 Å². The Balaban J connectivity index is 1.55. The number of aryl methyl sites for hydroxylation is 1. The minimum atomic E-state index is -0.597. The predicted molar refractivity (Wildman–Crippen MR) is 139 cm³/mol. The zero-order valence-electron chi connectivity index (χ0n) is 20.6. The van der Waals surface area contributed by atoms with Gasteiger partial charge < -0.3 is 10.2 Å². The molecule has 0 aromatic heterocycles. The van der Waals surface area contributed by atoms with Crippen LogP contribution in [0.25, 0.3) is 6.08 Å². The van der Waals surface area contributed by atoms with Crippen LogP contribution in [0.3, 0.4) is 0 Å². The van der Waals surface area contributed by atoms with Crippen molar-refractivity contribution in [1.82, 2.24) is 4.90 Å². The minimum absolute atomic E-state index is 0.0864. The van der Waals surface area contributed by atoms with Crippen molar-refractivity contribution in [2.75, 3.05) is 23.3 Å². The first-order valence-electron chi connectivity index (χ1n) is 11.7. The zero-order chi connectivity index (χ0) is 25.5.